The van der Waals surface area contributed by atoms with E-state index in [1.54, 1.807) is 19.3 Å². The van der Waals surface area contributed by atoms with Crippen LogP contribution < -0.4 is 5.32 Å². The van der Waals surface area contributed by atoms with Gasteiger partial charge in [0.2, 0.25) is 0 Å². The number of rotatable bonds is 5. The van der Waals surface area contributed by atoms with Gasteiger partial charge in [0.05, 0.1) is 6.26 Å². The monoisotopic (exact) mass is 247 g/mol. The van der Waals surface area contributed by atoms with Crippen LogP contribution in [0.5, 0.6) is 0 Å². The zero-order chi connectivity index (χ0) is 13.0. The lowest BCUT2D eigenvalue weighted by Crippen LogP contribution is -2.17. The molecule has 0 fully saturated rings. The molecule has 1 unspecified atom stereocenters. The molecule has 3 heteroatoms. The van der Waals surface area contributed by atoms with E-state index in [2.05, 4.69) is 5.32 Å². The van der Waals surface area contributed by atoms with Crippen LogP contribution in [0.1, 0.15) is 29.3 Å². The highest BCUT2D eigenvalue weighted by molar-refractivity contribution is 5.26. The van der Waals surface area contributed by atoms with Crippen molar-refractivity contribution in [3.63, 3.8) is 0 Å². The summed E-state index contributed by atoms with van der Waals surface area (Å²) in [5, 5.41) is 3.22. The Labute approximate surface area is 107 Å². The molecule has 1 aromatic heterocycles. The third kappa shape index (κ3) is 2.99. The second-order valence-electron chi connectivity index (χ2n) is 4.47. The van der Waals surface area contributed by atoms with Crippen LogP contribution in [0.25, 0.3) is 0 Å². The average molecular weight is 247 g/mol. The maximum atomic E-state index is 13.5. The lowest BCUT2D eigenvalue weighted by Gasteiger charge is -2.16. The number of nitrogens with one attached hydrogen (secondary N) is 1. The Kier molecular flexibility index (Phi) is 4.15. The zero-order valence-electron chi connectivity index (χ0n) is 10.7. The molecule has 0 saturated carbocycles. The predicted octanol–water partition coefficient (Wildman–Crippen LogP) is 3.62. The lowest BCUT2D eigenvalue weighted by molar-refractivity contribution is 0.468. The van der Waals surface area contributed by atoms with Gasteiger partial charge in [-0.1, -0.05) is 12.1 Å². The van der Waals surface area contributed by atoms with Crippen molar-refractivity contribution >= 4 is 0 Å². The summed E-state index contributed by atoms with van der Waals surface area (Å²) >= 11 is 0. The van der Waals surface area contributed by atoms with Crippen molar-refractivity contribution in [3.8, 4) is 0 Å². The molecule has 1 aromatic carbocycles. The highest BCUT2D eigenvalue weighted by atomic mass is 19.1. The topological polar surface area (TPSA) is 25.2 Å². The smallest absolute Gasteiger partial charge is 0.126 e. The molecule has 0 aliphatic rings. The molecule has 0 aliphatic carbocycles. The Hall–Kier alpha value is -1.61. The summed E-state index contributed by atoms with van der Waals surface area (Å²) in [4.78, 5) is 0. The van der Waals surface area contributed by atoms with Gasteiger partial charge in [0, 0.05) is 12.5 Å². The van der Waals surface area contributed by atoms with E-state index in [-0.39, 0.29) is 11.9 Å². The lowest BCUT2D eigenvalue weighted by atomic mass is 10.00. The van der Waals surface area contributed by atoms with E-state index in [1.165, 1.54) is 0 Å². The van der Waals surface area contributed by atoms with Gasteiger partial charge in [0.15, 0.2) is 0 Å². The SMILES string of the molecule is CNC(CCc1ccco1)c1ccc(C)c(F)c1. The molecule has 0 spiro atoms. The van der Waals surface area contributed by atoms with Crippen LogP contribution in [0, 0.1) is 12.7 Å². The van der Waals surface area contributed by atoms with Crippen LogP contribution in [-0.2, 0) is 6.42 Å². The number of furan rings is 1. The maximum Gasteiger partial charge on any atom is 0.126 e. The van der Waals surface area contributed by atoms with Crippen molar-refractivity contribution < 1.29 is 8.81 Å². The fourth-order valence-corrected chi connectivity index (χ4v) is 2.04. The molecule has 0 saturated heterocycles. The van der Waals surface area contributed by atoms with E-state index in [4.69, 9.17) is 4.42 Å². The number of halogens is 1. The second-order valence-corrected chi connectivity index (χ2v) is 4.47. The van der Waals surface area contributed by atoms with Crippen molar-refractivity contribution in [2.45, 2.75) is 25.8 Å². The fourth-order valence-electron chi connectivity index (χ4n) is 2.04. The molecular weight excluding hydrogens is 229 g/mol. The number of hydrogen-bond acceptors (Lipinski definition) is 2. The van der Waals surface area contributed by atoms with Crippen LogP contribution in [0.4, 0.5) is 4.39 Å². The van der Waals surface area contributed by atoms with Crippen molar-refractivity contribution in [2.24, 2.45) is 0 Å². The Morgan fingerprint density at radius 1 is 1.33 bits per heavy atom. The zero-order valence-corrected chi connectivity index (χ0v) is 10.7. The van der Waals surface area contributed by atoms with Gasteiger partial charge < -0.3 is 9.73 Å². The van der Waals surface area contributed by atoms with Crippen molar-refractivity contribution in [2.75, 3.05) is 7.05 Å². The van der Waals surface area contributed by atoms with E-state index in [0.717, 1.165) is 24.2 Å². The third-order valence-electron chi connectivity index (χ3n) is 3.21. The van der Waals surface area contributed by atoms with Crippen LogP contribution in [0.3, 0.4) is 0 Å². The minimum atomic E-state index is -0.147. The molecule has 2 nitrogen and oxygen atoms in total. The molecule has 0 radical (unpaired) electrons. The first-order valence-electron chi connectivity index (χ1n) is 6.16. The molecule has 96 valence electrons. The van der Waals surface area contributed by atoms with E-state index in [1.807, 2.05) is 31.3 Å². The number of hydrogen-bond donors (Lipinski definition) is 1. The van der Waals surface area contributed by atoms with Gasteiger partial charge in [-0.25, -0.2) is 4.39 Å². The molecule has 0 amide bonds. The first kappa shape index (κ1) is 12.8. The molecule has 1 heterocycles. The van der Waals surface area contributed by atoms with E-state index < -0.39 is 0 Å². The summed E-state index contributed by atoms with van der Waals surface area (Å²) in [6.45, 7) is 1.77. The molecule has 18 heavy (non-hydrogen) atoms. The molecule has 1 atom stereocenters. The summed E-state index contributed by atoms with van der Waals surface area (Å²) in [6, 6.07) is 9.39. The first-order chi connectivity index (χ1) is 8.70. The minimum Gasteiger partial charge on any atom is -0.469 e. The van der Waals surface area contributed by atoms with Gasteiger partial charge in [0.1, 0.15) is 11.6 Å². The summed E-state index contributed by atoms with van der Waals surface area (Å²) in [7, 11) is 1.89. The van der Waals surface area contributed by atoms with Crippen molar-refractivity contribution in [3.05, 3.63) is 59.3 Å². The molecule has 0 bridgehead atoms. The van der Waals surface area contributed by atoms with E-state index >= 15 is 0 Å². The van der Waals surface area contributed by atoms with Crippen LogP contribution in [0.2, 0.25) is 0 Å². The standard InChI is InChI=1S/C15H18FNO/c1-11-5-6-12(10-14(11)16)15(17-2)8-7-13-4-3-9-18-13/h3-6,9-10,15,17H,7-8H2,1-2H3. The van der Waals surface area contributed by atoms with Gasteiger partial charge in [-0.3, -0.25) is 0 Å². The minimum absolute atomic E-state index is 0.144. The van der Waals surface area contributed by atoms with Gasteiger partial charge in [0.25, 0.3) is 0 Å². The van der Waals surface area contributed by atoms with E-state index in [9.17, 15) is 4.39 Å². The van der Waals surface area contributed by atoms with Crippen molar-refractivity contribution in [1.29, 1.82) is 0 Å². The molecule has 0 aliphatic heterocycles. The summed E-state index contributed by atoms with van der Waals surface area (Å²) in [5.41, 5.74) is 1.66. The Morgan fingerprint density at radius 2 is 2.17 bits per heavy atom. The second kappa shape index (κ2) is 5.83. The molecular formula is C15H18FNO. The highest BCUT2D eigenvalue weighted by Crippen LogP contribution is 2.21. The van der Waals surface area contributed by atoms with Gasteiger partial charge in [-0.05, 0) is 49.7 Å². The Morgan fingerprint density at radius 3 is 2.78 bits per heavy atom. The molecule has 2 aromatic rings. The quantitative estimate of drug-likeness (QED) is 0.873. The molecule has 2 rings (SSSR count). The summed E-state index contributed by atoms with van der Waals surface area (Å²) in [6.07, 6.45) is 3.40. The van der Waals surface area contributed by atoms with Gasteiger partial charge in [-0.15, -0.1) is 0 Å². The van der Waals surface area contributed by atoms with Crippen LogP contribution in [-0.4, -0.2) is 7.05 Å². The highest BCUT2D eigenvalue weighted by Gasteiger charge is 2.11. The Balaban J connectivity index is 2.05. The fraction of sp³-hybridized carbons (Fsp3) is 0.333. The van der Waals surface area contributed by atoms with E-state index in [0.29, 0.717) is 5.56 Å². The summed E-state index contributed by atoms with van der Waals surface area (Å²) in [5.74, 6) is 0.814. The predicted molar refractivity (Wildman–Crippen MR) is 70.0 cm³/mol. The van der Waals surface area contributed by atoms with Gasteiger partial charge in [-0.2, -0.15) is 0 Å². The van der Waals surface area contributed by atoms with Gasteiger partial charge >= 0.3 is 0 Å². The first-order valence-corrected chi connectivity index (χ1v) is 6.16. The normalized spacial score (nSPS) is 12.6. The number of aryl methyl sites for hydroxylation is 2. The summed E-state index contributed by atoms with van der Waals surface area (Å²) < 4.78 is 18.8. The largest absolute Gasteiger partial charge is 0.469 e. The average Bonchev–Trinajstić information content (AvgIpc) is 2.87. The maximum absolute atomic E-state index is 13.5. The Bertz CT molecular complexity index is 493. The van der Waals surface area contributed by atoms with Crippen molar-refractivity contribution in [1.82, 2.24) is 5.32 Å². The number of benzene rings is 1. The molecule has 1 N–H and O–H groups in total. The third-order valence-corrected chi connectivity index (χ3v) is 3.21. The van der Waals surface area contributed by atoms with Crippen LogP contribution >= 0.6 is 0 Å². The van der Waals surface area contributed by atoms with Crippen LogP contribution in [0.15, 0.2) is 41.0 Å².